The lowest BCUT2D eigenvalue weighted by Crippen LogP contribution is -2.45. The molecule has 1 fully saturated rings. The topological polar surface area (TPSA) is 32.8 Å². The summed E-state index contributed by atoms with van der Waals surface area (Å²) < 4.78 is 5.87. The first-order valence-electron chi connectivity index (χ1n) is 9.52. The SMILES string of the molecule is CCN(CC(=O)N1CCC(COc2ccccc2)CC1)c1ccccc1. The summed E-state index contributed by atoms with van der Waals surface area (Å²) in [6.07, 6.45) is 2.02. The Balaban J connectivity index is 1.44. The molecule has 0 spiro atoms. The van der Waals surface area contributed by atoms with Crippen LogP contribution in [-0.4, -0.2) is 43.6 Å². The van der Waals surface area contributed by atoms with E-state index in [1.54, 1.807) is 0 Å². The number of piperidine rings is 1. The van der Waals surface area contributed by atoms with Gasteiger partial charge >= 0.3 is 0 Å². The summed E-state index contributed by atoms with van der Waals surface area (Å²) in [4.78, 5) is 16.8. The number of carbonyl (C=O) groups is 1. The van der Waals surface area contributed by atoms with E-state index in [1.807, 2.05) is 53.4 Å². The summed E-state index contributed by atoms with van der Waals surface area (Å²) >= 11 is 0. The number of anilines is 1. The van der Waals surface area contributed by atoms with Crippen LogP contribution in [0.1, 0.15) is 19.8 Å². The normalized spacial score (nSPS) is 14.9. The second kappa shape index (κ2) is 9.27. The van der Waals surface area contributed by atoms with Crippen molar-refractivity contribution >= 4 is 11.6 Å². The molecule has 1 amide bonds. The smallest absolute Gasteiger partial charge is 0.242 e. The van der Waals surface area contributed by atoms with Crippen molar-refractivity contribution in [2.45, 2.75) is 19.8 Å². The maximum Gasteiger partial charge on any atom is 0.242 e. The summed E-state index contributed by atoms with van der Waals surface area (Å²) in [5.74, 6) is 1.67. The molecule has 2 aromatic rings. The average Bonchev–Trinajstić information content (AvgIpc) is 2.72. The number of hydrogen-bond donors (Lipinski definition) is 0. The van der Waals surface area contributed by atoms with Gasteiger partial charge in [0.15, 0.2) is 0 Å². The molecule has 0 unspecified atom stereocenters. The second-order valence-electron chi connectivity index (χ2n) is 6.80. The number of amides is 1. The van der Waals surface area contributed by atoms with Gasteiger partial charge in [0.25, 0.3) is 0 Å². The van der Waals surface area contributed by atoms with Crippen molar-refractivity contribution in [3.8, 4) is 5.75 Å². The molecule has 0 atom stereocenters. The molecule has 1 heterocycles. The first kappa shape index (κ1) is 18.3. The predicted molar refractivity (Wildman–Crippen MR) is 106 cm³/mol. The number of ether oxygens (including phenoxy) is 1. The lowest BCUT2D eigenvalue weighted by Gasteiger charge is -2.33. The van der Waals surface area contributed by atoms with Crippen LogP contribution in [0.25, 0.3) is 0 Å². The van der Waals surface area contributed by atoms with Crippen molar-refractivity contribution in [1.82, 2.24) is 4.90 Å². The Bertz CT molecular complexity index is 667. The fourth-order valence-corrected chi connectivity index (χ4v) is 3.37. The molecule has 1 saturated heterocycles. The predicted octanol–water partition coefficient (Wildman–Crippen LogP) is 3.83. The minimum absolute atomic E-state index is 0.220. The molecule has 1 aliphatic rings. The Morgan fingerprint density at radius 2 is 1.65 bits per heavy atom. The third-order valence-corrected chi connectivity index (χ3v) is 5.03. The minimum atomic E-state index is 0.220. The monoisotopic (exact) mass is 352 g/mol. The van der Waals surface area contributed by atoms with Crippen molar-refractivity contribution in [3.63, 3.8) is 0 Å². The molecule has 4 nitrogen and oxygen atoms in total. The third kappa shape index (κ3) is 5.01. The van der Waals surface area contributed by atoms with E-state index in [1.165, 1.54) is 0 Å². The lowest BCUT2D eigenvalue weighted by molar-refractivity contribution is -0.131. The minimum Gasteiger partial charge on any atom is -0.493 e. The van der Waals surface area contributed by atoms with Gasteiger partial charge in [0.05, 0.1) is 13.2 Å². The number of benzene rings is 2. The molecule has 1 aliphatic heterocycles. The highest BCUT2D eigenvalue weighted by Crippen LogP contribution is 2.20. The van der Waals surface area contributed by atoms with Crippen molar-refractivity contribution < 1.29 is 9.53 Å². The third-order valence-electron chi connectivity index (χ3n) is 5.03. The molecule has 4 heteroatoms. The summed E-state index contributed by atoms with van der Waals surface area (Å²) in [6, 6.07) is 20.1. The first-order chi connectivity index (χ1) is 12.8. The number of carbonyl (C=O) groups excluding carboxylic acids is 1. The van der Waals surface area contributed by atoms with Crippen LogP contribution in [0.2, 0.25) is 0 Å². The standard InChI is InChI=1S/C22H28N2O2/c1-2-23(20-9-5-3-6-10-20)17-22(25)24-15-13-19(14-16-24)18-26-21-11-7-4-8-12-21/h3-12,19H,2,13-18H2,1H3. The highest BCUT2D eigenvalue weighted by Gasteiger charge is 2.24. The highest BCUT2D eigenvalue weighted by atomic mass is 16.5. The maximum absolute atomic E-state index is 12.7. The second-order valence-corrected chi connectivity index (χ2v) is 6.80. The van der Waals surface area contributed by atoms with Crippen LogP contribution in [0.4, 0.5) is 5.69 Å². The summed E-state index contributed by atoms with van der Waals surface area (Å²) in [7, 11) is 0. The van der Waals surface area contributed by atoms with Crippen LogP contribution in [0, 0.1) is 5.92 Å². The van der Waals surface area contributed by atoms with Crippen molar-refractivity contribution in [2.24, 2.45) is 5.92 Å². The van der Waals surface area contributed by atoms with Gasteiger partial charge in [-0.1, -0.05) is 36.4 Å². The van der Waals surface area contributed by atoms with E-state index in [-0.39, 0.29) is 5.91 Å². The zero-order valence-electron chi connectivity index (χ0n) is 15.5. The fraction of sp³-hybridized carbons (Fsp3) is 0.409. The van der Waals surface area contributed by atoms with Gasteiger partial charge in [-0.25, -0.2) is 0 Å². The molecular formula is C22H28N2O2. The van der Waals surface area contributed by atoms with E-state index in [0.29, 0.717) is 12.5 Å². The quantitative estimate of drug-likeness (QED) is 0.759. The largest absolute Gasteiger partial charge is 0.493 e. The molecule has 0 radical (unpaired) electrons. The van der Waals surface area contributed by atoms with Gasteiger partial charge in [0.2, 0.25) is 5.91 Å². The van der Waals surface area contributed by atoms with Gasteiger partial charge < -0.3 is 14.5 Å². The summed E-state index contributed by atoms with van der Waals surface area (Å²) in [5.41, 5.74) is 1.11. The summed E-state index contributed by atoms with van der Waals surface area (Å²) in [6.45, 7) is 5.76. The molecule has 0 N–H and O–H groups in total. The molecule has 0 bridgehead atoms. The molecule has 26 heavy (non-hydrogen) atoms. The van der Waals surface area contributed by atoms with Gasteiger partial charge in [0.1, 0.15) is 5.75 Å². The maximum atomic E-state index is 12.7. The Morgan fingerprint density at radius 1 is 1.04 bits per heavy atom. The van der Waals surface area contributed by atoms with E-state index in [0.717, 1.165) is 50.5 Å². The van der Waals surface area contributed by atoms with E-state index in [9.17, 15) is 4.79 Å². The molecule has 0 saturated carbocycles. The Hall–Kier alpha value is -2.49. The van der Waals surface area contributed by atoms with E-state index in [2.05, 4.69) is 24.0 Å². The molecule has 138 valence electrons. The van der Waals surface area contributed by atoms with Gasteiger partial charge in [-0.15, -0.1) is 0 Å². The van der Waals surface area contributed by atoms with Gasteiger partial charge in [-0.05, 0) is 49.9 Å². The van der Waals surface area contributed by atoms with Crippen LogP contribution in [-0.2, 0) is 4.79 Å². The zero-order chi connectivity index (χ0) is 18.2. The molecule has 2 aromatic carbocycles. The van der Waals surface area contributed by atoms with E-state index < -0.39 is 0 Å². The molecule has 0 aromatic heterocycles. The van der Waals surface area contributed by atoms with E-state index >= 15 is 0 Å². The lowest BCUT2D eigenvalue weighted by atomic mass is 9.97. The molecular weight excluding hydrogens is 324 g/mol. The number of rotatable bonds is 7. The number of likely N-dealkylation sites (tertiary alicyclic amines) is 1. The number of nitrogens with zero attached hydrogens (tertiary/aromatic N) is 2. The van der Waals surface area contributed by atoms with E-state index in [4.69, 9.17) is 4.74 Å². The van der Waals surface area contributed by atoms with Crippen molar-refractivity contribution in [3.05, 3.63) is 60.7 Å². The van der Waals surface area contributed by atoms with Crippen LogP contribution in [0.3, 0.4) is 0 Å². The fourth-order valence-electron chi connectivity index (χ4n) is 3.37. The summed E-state index contributed by atoms with van der Waals surface area (Å²) in [5, 5.41) is 0. The Labute approximate surface area is 156 Å². The van der Waals surface area contributed by atoms with Crippen LogP contribution >= 0.6 is 0 Å². The highest BCUT2D eigenvalue weighted by molar-refractivity contribution is 5.81. The van der Waals surface area contributed by atoms with Crippen LogP contribution < -0.4 is 9.64 Å². The Kier molecular flexibility index (Phi) is 6.53. The number of hydrogen-bond acceptors (Lipinski definition) is 3. The van der Waals surface area contributed by atoms with Crippen molar-refractivity contribution in [1.29, 1.82) is 0 Å². The number of para-hydroxylation sites is 2. The van der Waals surface area contributed by atoms with Crippen LogP contribution in [0.15, 0.2) is 60.7 Å². The molecule has 3 rings (SSSR count). The zero-order valence-corrected chi connectivity index (χ0v) is 15.5. The first-order valence-corrected chi connectivity index (χ1v) is 9.52. The molecule has 0 aliphatic carbocycles. The van der Waals surface area contributed by atoms with Crippen LogP contribution in [0.5, 0.6) is 5.75 Å². The number of likely N-dealkylation sites (N-methyl/N-ethyl adjacent to an activating group) is 1. The van der Waals surface area contributed by atoms with Gasteiger partial charge in [0, 0.05) is 25.3 Å². The van der Waals surface area contributed by atoms with Crippen molar-refractivity contribution in [2.75, 3.05) is 37.7 Å². The average molecular weight is 352 g/mol. The van der Waals surface area contributed by atoms with Gasteiger partial charge in [-0.2, -0.15) is 0 Å². The van der Waals surface area contributed by atoms with Gasteiger partial charge in [-0.3, -0.25) is 4.79 Å². The Morgan fingerprint density at radius 3 is 2.27 bits per heavy atom.